The Bertz CT molecular complexity index is 1110. The summed E-state index contributed by atoms with van der Waals surface area (Å²) in [6, 6.07) is 17.3. The summed E-state index contributed by atoms with van der Waals surface area (Å²) in [4.78, 5) is 15.4. The van der Waals surface area contributed by atoms with Crippen molar-refractivity contribution in [2.75, 3.05) is 25.5 Å². The number of ether oxygens (including phenoxy) is 1. The first kappa shape index (κ1) is 25.4. The van der Waals surface area contributed by atoms with Crippen molar-refractivity contribution >= 4 is 30.7 Å². The second-order valence-electron chi connectivity index (χ2n) is 10.8. The summed E-state index contributed by atoms with van der Waals surface area (Å²) in [5, 5.41) is 11.7. The van der Waals surface area contributed by atoms with Crippen molar-refractivity contribution in [2.45, 2.75) is 63.8 Å². The maximum Gasteiger partial charge on any atom is 0.319 e. The van der Waals surface area contributed by atoms with Crippen molar-refractivity contribution in [3.8, 4) is 0 Å². The van der Waals surface area contributed by atoms with Crippen molar-refractivity contribution in [1.82, 2.24) is 20.0 Å². The molecule has 0 aliphatic carbocycles. The summed E-state index contributed by atoms with van der Waals surface area (Å²) in [7, 11) is 1.04. The topological polar surface area (TPSA) is 71.4 Å². The Labute approximate surface area is 209 Å². The van der Waals surface area contributed by atoms with Gasteiger partial charge in [-0.05, 0) is 56.2 Å². The molecule has 0 saturated carbocycles. The number of carbonyl (C=O) groups is 1. The molecule has 1 aliphatic heterocycles. The fraction of sp³-hybridized carbons (Fsp3) is 0.481. The monoisotopic (exact) mass is 493 g/mol. The number of anilines is 1. The third-order valence-corrected chi connectivity index (χ3v) is 8.47. The Balaban J connectivity index is 1.40. The van der Waals surface area contributed by atoms with Gasteiger partial charge < -0.3 is 20.3 Å². The summed E-state index contributed by atoms with van der Waals surface area (Å²) in [6.07, 6.45) is 5.29. The van der Waals surface area contributed by atoms with Crippen molar-refractivity contribution < 1.29 is 9.53 Å². The lowest BCUT2D eigenvalue weighted by Crippen LogP contribution is -2.47. The highest BCUT2D eigenvalue weighted by atomic mass is 28.3. The van der Waals surface area contributed by atoms with Gasteiger partial charge in [0.05, 0.1) is 17.8 Å². The molecule has 2 amide bonds. The number of aromatic nitrogens is 2. The molecule has 1 aliphatic rings. The maximum absolute atomic E-state index is 13.1. The molecule has 0 radical (unpaired) electrons. The van der Waals surface area contributed by atoms with E-state index < -0.39 is 8.07 Å². The normalized spacial score (nSPS) is 17.9. The summed E-state index contributed by atoms with van der Waals surface area (Å²) in [5.74, 6) is 0. The molecule has 2 N–H and O–H groups in total. The Morgan fingerprint density at radius 3 is 2.71 bits per heavy atom. The molecule has 188 valence electrons. The van der Waals surface area contributed by atoms with Crippen molar-refractivity contribution in [3.05, 3.63) is 60.3 Å². The Kier molecular flexibility index (Phi) is 8.25. The Morgan fingerprint density at radius 1 is 1.17 bits per heavy atom. The Morgan fingerprint density at radius 2 is 1.97 bits per heavy atom. The van der Waals surface area contributed by atoms with Crippen molar-refractivity contribution in [3.63, 3.8) is 0 Å². The quantitative estimate of drug-likeness (QED) is 0.296. The van der Waals surface area contributed by atoms with Crippen LogP contribution in [0.1, 0.15) is 30.9 Å². The van der Waals surface area contributed by atoms with Gasteiger partial charge in [-0.3, -0.25) is 0 Å². The SMILES string of the molecule is CN1CCCCC1C(NC(=O)Nc1ccc2c(cnn2COCC[Si](C)(C)C)c1)c1ccccc1. The zero-order chi connectivity index (χ0) is 24.8. The summed E-state index contributed by atoms with van der Waals surface area (Å²) in [6.45, 7) is 9.30. The number of likely N-dealkylation sites (tertiary alicyclic amines) is 1. The average molecular weight is 494 g/mol. The number of fused-ring (bicyclic) bond motifs is 1. The molecule has 8 heteroatoms. The first-order valence-corrected chi connectivity index (χ1v) is 16.4. The van der Waals surface area contributed by atoms with Gasteiger partial charge >= 0.3 is 6.03 Å². The lowest BCUT2D eigenvalue weighted by Gasteiger charge is -2.38. The molecular formula is C27H39N5O2Si. The predicted octanol–water partition coefficient (Wildman–Crippen LogP) is 5.70. The summed E-state index contributed by atoms with van der Waals surface area (Å²) >= 11 is 0. The number of nitrogens with zero attached hydrogens (tertiary/aromatic N) is 3. The minimum absolute atomic E-state index is 0.0683. The van der Waals surface area contributed by atoms with Crippen LogP contribution in [0.4, 0.5) is 10.5 Å². The maximum atomic E-state index is 13.1. The van der Waals surface area contributed by atoms with Gasteiger partial charge in [0.1, 0.15) is 6.73 Å². The molecule has 0 bridgehead atoms. The molecule has 1 aromatic heterocycles. The van der Waals surface area contributed by atoms with E-state index in [1.807, 2.05) is 47.3 Å². The molecule has 2 aromatic carbocycles. The number of amides is 2. The van der Waals surface area contributed by atoms with Crippen LogP contribution in [-0.2, 0) is 11.5 Å². The summed E-state index contributed by atoms with van der Waals surface area (Å²) < 4.78 is 7.73. The third kappa shape index (κ3) is 6.93. The average Bonchev–Trinajstić information content (AvgIpc) is 3.23. The highest BCUT2D eigenvalue weighted by Gasteiger charge is 2.30. The van der Waals surface area contributed by atoms with E-state index in [9.17, 15) is 4.79 Å². The number of urea groups is 1. The predicted molar refractivity (Wildman–Crippen MR) is 145 cm³/mol. The van der Waals surface area contributed by atoms with Gasteiger partial charge in [-0.2, -0.15) is 5.10 Å². The van der Waals surface area contributed by atoms with Crippen molar-refractivity contribution in [1.29, 1.82) is 0 Å². The molecule has 1 fully saturated rings. The second kappa shape index (κ2) is 11.4. The molecule has 2 unspecified atom stereocenters. The molecule has 35 heavy (non-hydrogen) atoms. The minimum Gasteiger partial charge on any atom is -0.360 e. The third-order valence-electron chi connectivity index (χ3n) is 6.77. The summed E-state index contributed by atoms with van der Waals surface area (Å²) in [5.41, 5.74) is 2.88. The van der Waals surface area contributed by atoms with Crippen LogP contribution in [0.2, 0.25) is 25.7 Å². The smallest absolute Gasteiger partial charge is 0.319 e. The van der Waals surface area contributed by atoms with Gasteiger partial charge in [0.2, 0.25) is 0 Å². The van der Waals surface area contributed by atoms with Gasteiger partial charge in [0, 0.05) is 31.8 Å². The lowest BCUT2D eigenvalue weighted by atomic mass is 9.91. The molecule has 4 rings (SSSR count). The first-order chi connectivity index (χ1) is 16.8. The van der Waals surface area contributed by atoms with Gasteiger partial charge in [-0.1, -0.05) is 56.4 Å². The van der Waals surface area contributed by atoms with E-state index in [-0.39, 0.29) is 18.1 Å². The minimum atomic E-state index is -1.11. The number of hydrogen-bond donors (Lipinski definition) is 2. The van der Waals surface area contributed by atoms with E-state index >= 15 is 0 Å². The van der Waals surface area contributed by atoms with E-state index in [0.29, 0.717) is 6.73 Å². The van der Waals surface area contributed by atoms with Gasteiger partial charge in [-0.25, -0.2) is 9.48 Å². The number of hydrogen-bond acceptors (Lipinski definition) is 4. The van der Waals surface area contributed by atoms with E-state index in [1.165, 1.54) is 12.8 Å². The van der Waals surface area contributed by atoms with Crippen LogP contribution in [0.3, 0.4) is 0 Å². The highest BCUT2D eigenvalue weighted by molar-refractivity contribution is 6.76. The number of carbonyl (C=O) groups excluding carboxylic acids is 1. The molecule has 2 atom stereocenters. The second-order valence-corrected chi connectivity index (χ2v) is 16.4. The zero-order valence-corrected chi connectivity index (χ0v) is 22.5. The highest BCUT2D eigenvalue weighted by Crippen LogP contribution is 2.28. The fourth-order valence-electron chi connectivity index (χ4n) is 4.69. The van der Waals surface area contributed by atoms with E-state index in [2.05, 4.69) is 59.5 Å². The standard InChI is InChI=1S/C27H39N5O2Si/c1-31-15-9-8-12-25(31)26(21-10-6-5-7-11-21)30-27(33)29-23-13-14-24-22(18-23)19-28-32(24)20-34-16-17-35(2,3)4/h5-7,10-11,13-14,18-19,25-26H,8-9,12,15-17,20H2,1-4H3,(H2,29,30,33). The fourth-order valence-corrected chi connectivity index (χ4v) is 5.45. The number of likely N-dealkylation sites (N-methyl/N-ethyl adjacent to an activating group) is 1. The van der Waals surface area contributed by atoms with Crippen LogP contribution in [0.25, 0.3) is 10.9 Å². The number of nitrogens with one attached hydrogen (secondary N) is 2. The van der Waals surface area contributed by atoms with E-state index in [4.69, 9.17) is 4.74 Å². The zero-order valence-electron chi connectivity index (χ0n) is 21.5. The van der Waals surface area contributed by atoms with Crippen LogP contribution in [-0.4, -0.2) is 55.0 Å². The van der Waals surface area contributed by atoms with Gasteiger partial charge in [-0.15, -0.1) is 0 Å². The first-order valence-electron chi connectivity index (χ1n) is 12.7. The molecule has 0 spiro atoms. The van der Waals surface area contributed by atoms with E-state index in [1.54, 1.807) is 0 Å². The van der Waals surface area contributed by atoms with Crippen LogP contribution < -0.4 is 10.6 Å². The lowest BCUT2D eigenvalue weighted by molar-refractivity contribution is 0.0817. The molecular weight excluding hydrogens is 454 g/mol. The largest absolute Gasteiger partial charge is 0.360 e. The van der Waals surface area contributed by atoms with Gasteiger partial charge in [0.25, 0.3) is 0 Å². The van der Waals surface area contributed by atoms with Crippen LogP contribution in [0.5, 0.6) is 0 Å². The Hall–Kier alpha value is -2.68. The molecule has 1 saturated heterocycles. The molecule has 7 nitrogen and oxygen atoms in total. The van der Waals surface area contributed by atoms with Crippen LogP contribution >= 0.6 is 0 Å². The number of piperidine rings is 1. The van der Waals surface area contributed by atoms with Crippen LogP contribution in [0.15, 0.2) is 54.7 Å². The van der Waals surface area contributed by atoms with E-state index in [0.717, 1.165) is 47.8 Å². The van der Waals surface area contributed by atoms with Gasteiger partial charge in [0.15, 0.2) is 0 Å². The molecule has 3 aromatic rings. The molecule has 2 heterocycles. The van der Waals surface area contributed by atoms with Crippen LogP contribution in [0, 0.1) is 0 Å². The number of rotatable bonds is 9. The number of benzene rings is 2. The van der Waals surface area contributed by atoms with Crippen molar-refractivity contribution in [2.24, 2.45) is 0 Å².